The molecule has 0 aliphatic carbocycles. The van der Waals surface area contributed by atoms with Crippen molar-refractivity contribution in [1.29, 1.82) is 0 Å². The van der Waals surface area contributed by atoms with Crippen molar-refractivity contribution in [3.63, 3.8) is 0 Å². The summed E-state index contributed by atoms with van der Waals surface area (Å²) in [6.45, 7) is 5.31. The minimum Gasteiger partial charge on any atom is -0.465 e. The summed E-state index contributed by atoms with van der Waals surface area (Å²) in [6.07, 6.45) is 0.940. The first-order chi connectivity index (χ1) is 14.2. The number of amides is 1. The number of anilines is 1. The van der Waals surface area contributed by atoms with Gasteiger partial charge in [0.05, 0.1) is 12.4 Å². The van der Waals surface area contributed by atoms with Gasteiger partial charge in [-0.15, -0.1) is 10.2 Å². The van der Waals surface area contributed by atoms with Gasteiger partial charge in [-0.2, -0.15) is 4.31 Å². The zero-order valence-electron chi connectivity index (χ0n) is 16.6. The summed E-state index contributed by atoms with van der Waals surface area (Å²) < 4.78 is 37.7. The molecule has 164 valence electrons. The Morgan fingerprint density at radius 2 is 2.13 bits per heavy atom. The highest BCUT2D eigenvalue weighted by atomic mass is 32.2. The fourth-order valence-electron chi connectivity index (χ4n) is 3.08. The first-order valence-corrected chi connectivity index (χ1v) is 12.4. The normalized spacial score (nSPS) is 17.2. The van der Waals surface area contributed by atoms with Crippen LogP contribution in [0.2, 0.25) is 0 Å². The van der Waals surface area contributed by atoms with Gasteiger partial charge >= 0.3 is 5.97 Å². The van der Waals surface area contributed by atoms with Crippen LogP contribution in [0.1, 0.15) is 31.2 Å². The van der Waals surface area contributed by atoms with Crippen LogP contribution in [0.25, 0.3) is 0 Å². The van der Waals surface area contributed by atoms with Crippen molar-refractivity contribution < 1.29 is 27.3 Å². The number of nitrogens with one attached hydrogen (secondary N) is 1. The van der Waals surface area contributed by atoms with E-state index >= 15 is 0 Å². The van der Waals surface area contributed by atoms with E-state index in [1.54, 1.807) is 13.8 Å². The van der Waals surface area contributed by atoms with Crippen LogP contribution in [0.3, 0.4) is 0 Å². The molecule has 1 fully saturated rings. The van der Waals surface area contributed by atoms with E-state index < -0.39 is 22.0 Å². The molecule has 1 amide bonds. The molecule has 3 heterocycles. The SMILES string of the molecule is CCOC(=O)CSc1nnc(NC(=O)[C@H]2CCCN2S(=O)(=O)c2c(C)noc2C)s1. The first-order valence-electron chi connectivity index (χ1n) is 9.11. The number of hydrogen-bond donors (Lipinski definition) is 1. The molecular weight excluding hydrogens is 454 g/mol. The molecule has 3 rings (SSSR count). The van der Waals surface area contributed by atoms with E-state index in [0.717, 1.165) is 23.1 Å². The molecule has 2 aromatic heterocycles. The van der Waals surface area contributed by atoms with Crippen molar-refractivity contribution in [2.45, 2.75) is 48.9 Å². The third kappa shape index (κ3) is 4.82. The molecule has 2 aromatic rings. The van der Waals surface area contributed by atoms with Gasteiger partial charge in [-0.25, -0.2) is 8.42 Å². The number of rotatable bonds is 8. The van der Waals surface area contributed by atoms with E-state index in [2.05, 4.69) is 20.7 Å². The molecule has 1 N–H and O–H groups in total. The van der Waals surface area contributed by atoms with Crippen molar-refractivity contribution in [3.05, 3.63) is 11.5 Å². The highest BCUT2D eigenvalue weighted by Gasteiger charge is 2.42. The first kappa shape index (κ1) is 22.7. The lowest BCUT2D eigenvalue weighted by atomic mass is 10.2. The summed E-state index contributed by atoms with van der Waals surface area (Å²) in [7, 11) is -3.93. The van der Waals surface area contributed by atoms with Crippen LogP contribution in [0.5, 0.6) is 0 Å². The Morgan fingerprint density at radius 3 is 2.80 bits per heavy atom. The second-order valence-corrected chi connectivity index (χ2v) is 10.4. The van der Waals surface area contributed by atoms with E-state index in [9.17, 15) is 18.0 Å². The number of carbonyl (C=O) groups is 2. The number of aromatic nitrogens is 3. The molecule has 14 heteroatoms. The third-order valence-corrected chi connectivity index (χ3v) is 8.40. The quantitative estimate of drug-likeness (QED) is 0.339. The number of sulfonamides is 1. The summed E-state index contributed by atoms with van der Waals surface area (Å²) in [5.74, 6) is -0.580. The second-order valence-electron chi connectivity index (χ2n) is 6.38. The molecule has 1 aliphatic rings. The number of esters is 1. The van der Waals surface area contributed by atoms with E-state index in [-0.39, 0.29) is 39.7 Å². The van der Waals surface area contributed by atoms with Crippen LogP contribution in [0.4, 0.5) is 5.13 Å². The maximum atomic E-state index is 13.1. The maximum absolute atomic E-state index is 13.1. The average molecular weight is 476 g/mol. The molecular formula is C16H21N5O6S3. The minimum absolute atomic E-state index is 0.00392. The minimum atomic E-state index is -3.93. The maximum Gasteiger partial charge on any atom is 0.316 e. The van der Waals surface area contributed by atoms with Gasteiger partial charge in [0.15, 0.2) is 10.1 Å². The van der Waals surface area contributed by atoms with Crippen molar-refractivity contribution in [2.24, 2.45) is 0 Å². The van der Waals surface area contributed by atoms with Crippen LogP contribution in [-0.2, 0) is 24.3 Å². The molecule has 1 atom stereocenters. The smallest absolute Gasteiger partial charge is 0.316 e. The van der Waals surface area contributed by atoms with E-state index in [1.807, 2.05) is 0 Å². The van der Waals surface area contributed by atoms with E-state index in [1.165, 1.54) is 11.2 Å². The highest BCUT2D eigenvalue weighted by molar-refractivity contribution is 8.01. The van der Waals surface area contributed by atoms with Gasteiger partial charge in [-0.3, -0.25) is 14.9 Å². The fraction of sp³-hybridized carbons (Fsp3) is 0.562. The Labute approximate surface area is 181 Å². The van der Waals surface area contributed by atoms with Crippen LogP contribution in [0, 0.1) is 13.8 Å². The molecule has 1 aliphatic heterocycles. The van der Waals surface area contributed by atoms with Gasteiger partial charge < -0.3 is 9.26 Å². The predicted octanol–water partition coefficient (Wildman–Crippen LogP) is 1.59. The predicted molar refractivity (Wildman–Crippen MR) is 109 cm³/mol. The van der Waals surface area contributed by atoms with Gasteiger partial charge in [0.25, 0.3) is 0 Å². The van der Waals surface area contributed by atoms with Gasteiger partial charge in [-0.05, 0) is 33.6 Å². The summed E-state index contributed by atoms with van der Waals surface area (Å²) in [5.41, 5.74) is 0.256. The van der Waals surface area contributed by atoms with Crippen molar-refractivity contribution >= 4 is 50.1 Å². The summed E-state index contributed by atoms with van der Waals surface area (Å²) >= 11 is 2.25. The van der Waals surface area contributed by atoms with Crippen molar-refractivity contribution in [3.8, 4) is 0 Å². The largest absolute Gasteiger partial charge is 0.465 e. The number of carbonyl (C=O) groups excluding carboxylic acids is 2. The van der Waals surface area contributed by atoms with Gasteiger partial charge in [0.2, 0.25) is 21.1 Å². The van der Waals surface area contributed by atoms with Crippen LogP contribution in [-0.4, -0.2) is 64.9 Å². The Kier molecular flexibility index (Phi) is 7.10. The average Bonchev–Trinajstić information content (AvgIpc) is 3.41. The second kappa shape index (κ2) is 9.41. The molecule has 1 saturated heterocycles. The van der Waals surface area contributed by atoms with Crippen molar-refractivity contribution in [1.82, 2.24) is 19.7 Å². The van der Waals surface area contributed by atoms with E-state index in [4.69, 9.17) is 9.26 Å². The summed E-state index contributed by atoms with van der Waals surface area (Å²) in [5, 5.41) is 14.4. The number of ether oxygens (including phenoxy) is 1. The highest BCUT2D eigenvalue weighted by Crippen LogP contribution is 2.31. The molecule has 0 aromatic carbocycles. The molecule has 0 unspecified atom stereocenters. The van der Waals surface area contributed by atoms with Crippen LogP contribution in [0.15, 0.2) is 13.8 Å². The zero-order valence-corrected chi connectivity index (χ0v) is 19.0. The van der Waals surface area contributed by atoms with Gasteiger partial charge in [0.1, 0.15) is 16.6 Å². The molecule has 30 heavy (non-hydrogen) atoms. The third-order valence-electron chi connectivity index (χ3n) is 4.30. The topological polar surface area (TPSA) is 145 Å². The number of aryl methyl sites for hydroxylation is 2. The number of nitrogens with zero attached hydrogens (tertiary/aromatic N) is 4. The van der Waals surface area contributed by atoms with Gasteiger partial charge in [-0.1, -0.05) is 28.3 Å². The lowest BCUT2D eigenvalue weighted by molar-refractivity contribution is -0.139. The van der Waals surface area contributed by atoms with Crippen LogP contribution >= 0.6 is 23.1 Å². The molecule has 0 saturated carbocycles. The Hall–Kier alpha value is -2.03. The lowest BCUT2D eigenvalue weighted by Gasteiger charge is -2.22. The van der Waals surface area contributed by atoms with Gasteiger partial charge in [0, 0.05) is 6.54 Å². The fourth-order valence-corrected chi connectivity index (χ4v) is 6.58. The summed E-state index contributed by atoms with van der Waals surface area (Å²) in [6, 6.07) is -0.872. The summed E-state index contributed by atoms with van der Waals surface area (Å²) in [4.78, 5) is 24.2. The monoisotopic (exact) mass is 475 g/mol. The van der Waals surface area contributed by atoms with Crippen LogP contribution < -0.4 is 5.32 Å². The Morgan fingerprint density at radius 1 is 1.37 bits per heavy atom. The van der Waals surface area contributed by atoms with Crippen molar-refractivity contribution in [2.75, 3.05) is 24.2 Å². The molecule has 0 radical (unpaired) electrons. The van der Waals surface area contributed by atoms with E-state index in [0.29, 0.717) is 23.8 Å². The molecule has 0 spiro atoms. The Bertz CT molecular complexity index is 1010. The Balaban J connectivity index is 1.68. The zero-order chi connectivity index (χ0) is 21.9. The molecule has 0 bridgehead atoms. The lowest BCUT2D eigenvalue weighted by Crippen LogP contribution is -2.43. The number of thioether (sulfide) groups is 1. The standard InChI is InChI=1S/C16H21N5O6S3/c1-4-26-12(22)8-28-16-19-18-15(29-16)17-14(23)11-6-5-7-21(11)30(24,25)13-9(2)20-27-10(13)3/h11H,4-8H2,1-3H3,(H,17,18,23)/t11-/m1/s1. The number of hydrogen-bond acceptors (Lipinski definition) is 11. The molecule has 11 nitrogen and oxygen atoms in total.